The molecule has 0 aromatic heterocycles. The van der Waals surface area contributed by atoms with Crippen molar-refractivity contribution in [2.75, 3.05) is 6.61 Å². The van der Waals surface area contributed by atoms with Crippen molar-refractivity contribution >= 4 is 30.0 Å². The van der Waals surface area contributed by atoms with E-state index in [1.165, 1.54) is 21.9 Å². The minimum atomic E-state index is -4.57. The van der Waals surface area contributed by atoms with Crippen molar-refractivity contribution in [1.29, 1.82) is 0 Å². The monoisotopic (exact) mass is 677 g/mol. The van der Waals surface area contributed by atoms with Crippen LogP contribution in [0.25, 0.3) is 6.08 Å². The van der Waals surface area contributed by atoms with E-state index in [-0.39, 0.29) is 31.6 Å². The number of nitrogens with one attached hydrogen (secondary N) is 1. The molecule has 2 aliphatic rings. The highest BCUT2D eigenvalue weighted by molar-refractivity contribution is 5.98. The molecule has 3 aromatic rings. The van der Waals surface area contributed by atoms with Crippen LogP contribution in [-0.4, -0.2) is 64.0 Å². The molecule has 12 heteroatoms. The number of carbonyl (C=O) groups is 4. The third kappa shape index (κ3) is 8.48. The SMILES string of the molecule is CC(C)(C)OC(=O)CC[C@H](C(=O)NCc1cccc(C(F)(F)F)c1)N1C(=O)[C@@H](N2C(=O)OC[C@@H]2c2ccccc2)[C@H]1C=Cc1ccccc1. The molecule has 4 atom stereocenters. The van der Waals surface area contributed by atoms with Gasteiger partial charge in [0.2, 0.25) is 11.8 Å². The molecule has 258 valence electrons. The molecule has 2 saturated heterocycles. The molecule has 0 unspecified atom stereocenters. The summed E-state index contributed by atoms with van der Waals surface area (Å²) in [5, 5.41) is 2.66. The first-order valence-corrected chi connectivity index (χ1v) is 15.9. The lowest BCUT2D eigenvalue weighted by atomic mass is 9.87. The fourth-order valence-corrected chi connectivity index (χ4v) is 6.01. The Kier molecular flexibility index (Phi) is 10.4. The molecule has 2 heterocycles. The second kappa shape index (κ2) is 14.6. The minimum Gasteiger partial charge on any atom is -0.460 e. The molecule has 3 aromatic carbocycles. The molecule has 0 aliphatic carbocycles. The molecule has 2 fully saturated rings. The molecule has 0 spiro atoms. The minimum absolute atomic E-state index is 0.0291. The van der Waals surface area contributed by atoms with Gasteiger partial charge in [0.25, 0.3) is 0 Å². The second-order valence-electron chi connectivity index (χ2n) is 12.9. The zero-order chi connectivity index (χ0) is 35.3. The summed E-state index contributed by atoms with van der Waals surface area (Å²) in [6.07, 6.45) is -2.09. The van der Waals surface area contributed by atoms with Crippen LogP contribution in [0.15, 0.2) is 91.0 Å². The van der Waals surface area contributed by atoms with Crippen molar-refractivity contribution < 1.29 is 41.8 Å². The van der Waals surface area contributed by atoms with E-state index in [0.717, 1.165) is 23.3 Å². The van der Waals surface area contributed by atoms with E-state index < -0.39 is 65.4 Å². The lowest BCUT2D eigenvalue weighted by molar-refractivity contribution is -0.165. The van der Waals surface area contributed by atoms with E-state index >= 15 is 0 Å². The van der Waals surface area contributed by atoms with Crippen molar-refractivity contribution in [3.63, 3.8) is 0 Å². The van der Waals surface area contributed by atoms with Gasteiger partial charge in [-0.15, -0.1) is 0 Å². The van der Waals surface area contributed by atoms with E-state index in [1.807, 2.05) is 60.7 Å². The summed E-state index contributed by atoms with van der Waals surface area (Å²) < 4.78 is 50.9. The number of β-lactam (4-membered cyclic amide) rings is 1. The third-order valence-corrected chi connectivity index (χ3v) is 8.23. The number of carbonyl (C=O) groups excluding carboxylic acids is 4. The zero-order valence-electron chi connectivity index (χ0n) is 27.4. The first-order valence-electron chi connectivity index (χ1n) is 15.9. The summed E-state index contributed by atoms with van der Waals surface area (Å²) in [5.74, 6) is -1.79. The van der Waals surface area contributed by atoms with Gasteiger partial charge in [0, 0.05) is 13.0 Å². The second-order valence-corrected chi connectivity index (χ2v) is 12.9. The van der Waals surface area contributed by atoms with Crippen LogP contribution in [0, 0.1) is 0 Å². The number of alkyl halides is 3. The van der Waals surface area contributed by atoms with E-state index in [2.05, 4.69) is 5.32 Å². The van der Waals surface area contributed by atoms with Gasteiger partial charge in [-0.25, -0.2) is 4.79 Å². The van der Waals surface area contributed by atoms with Crippen LogP contribution < -0.4 is 5.32 Å². The summed E-state index contributed by atoms with van der Waals surface area (Å²) in [4.78, 5) is 56.7. The average Bonchev–Trinajstić information content (AvgIpc) is 3.43. The molecule has 0 saturated carbocycles. The Morgan fingerprint density at radius 1 is 0.980 bits per heavy atom. The van der Waals surface area contributed by atoms with Crippen LogP contribution in [0.4, 0.5) is 18.0 Å². The van der Waals surface area contributed by atoms with Gasteiger partial charge in [-0.2, -0.15) is 13.2 Å². The maximum absolute atomic E-state index is 14.2. The van der Waals surface area contributed by atoms with Crippen molar-refractivity contribution in [2.45, 2.75) is 76.1 Å². The number of rotatable bonds is 11. The predicted molar refractivity (Wildman–Crippen MR) is 174 cm³/mol. The predicted octanol–water partition coefficient (Wildman–Crippen LogP) is 6.30. The van der Waals surface area contributed by atoms with Crippen molar-refractivity contribution in [2.24, 2.45) is 0 Å². The number of ether oxygens (including phenoxy) is 2. The maximum atomic E-state index is 14.2. The van der Waals surface area contributed by atoms with Gasteiger partial charge in [0.15, 0.2) is 0 Å². The van der Waals surface area contributed by atoms with Crippen LogP contribution in [0.1, 0.15) is 61.9 Å². The smallest absolute Gasteiger partial charge is 0.416 e. The molecule has 0 bridgehead atoms. The average molecular weight is 678 g/mol. The summed E-state index contributed by atoms with van der Waals surface area (Å²) in [6.45, 7) is 4.89. The number of likely N-dealkylation sites (tertiary alicyclic amines) is 1. The van der Waals surface area contributed by atoms with Crippen molar-refractivity contribution in [3.05, 3.63) is 113 Å². The maximum Gasteiger partial charge on any atom is 0.416 e. The van der Waals surface area contributed by atoms with Gasteiger partial charge in [-0.3, -0.25) is 19.3 Å². The number of nitrogens with zero attached hydrogens (tertiary/aromatic N) is 2. The van der Waals surface area contributed by atoms with Crippen LogP contribution in [0.2, 0.25) is 0 Å². The van der Waals surface area contributed by atoms with E-state index in [9.17, 15) is 32.3 Å². The molecule has 5 rings (SSSR count). The van der Waals surface area contributed by atoms with Crippen molar-refractivity contribution in [1.82, 2.24) is 15.1 Å². The molecule has 3 amide bonds. The molecular formula is C37H38F3N3O6. The van der Waals surface area contributed by atoms with Gasteiger partial charge >= 0.3 is 18.2 Å². The normalized spacial score (nSPS) is 20.2. The van der Waals surface area contributed by atoms with E-state index in [4.69, 9.17) is 9.47 Å². The number of hydrogen-bond donors (Lipinski definition) is 1. The standard InChI is InChI=1S/C37H38F3N3O6/c1-36(2,3)49-31(44)20-19-29(33(45)41-22-25-13-10-16-27(21-25)37(38,39)40)42-28(18-17-24-11-6-4-7-12-24)32(34(42)46)43-30(23-48-35(43)47)26-14-8-5-9-15-26/h4-18,21,28-30,32H,19-20,22-23H2,1-3H3,(H,41,45)/t28-,29-,30-,32+/m1/s1. The van der Waals surface area contributed by atoms with Crippen LogP contribution in [0.5, 0.6) is 0 Å². The Bertz CT molecular complexity index is 1690. The van der Waals surface area contributed by atoms with E-state index in [0.29, 0.717) is 0 Å². The Balaban J connectivity index is 1.46. The van der Waals surface area contributed by atoms with Gasteiger partial charge in [0.05, 0.1) is 17.6 Å². The lowest BCUT2D eigenvalue weighted by Crippen LogP contribution is -2.74. The number of halogens is 3. The number of benzene rings is 3. The molecule has 1 N–H and O–H groups in total. The molecule has 2 aliphatic heterocycles. The Labute approximate surface area is 282 Å². The van der Waals surface area contributed by atoms with Gasteiger partial charge < -0.3 is 19.7 Å². The highest BCUT2D eigenvalue weighted by Gasteiger charge is 2.58. The first kappa shape index (κ1) is 35.2. The number of amides is 3. The first-order chi connectivity index (χ1) is 23.2. The fourth-order valence-electron chi connectivity index (χ4n) is 6.01. The Morgan fingerprint density at radius 3 is 2.31 bits per heavy atom. The van der Waals surface area contributed by atoms with Crippen LogP contribution in [0.3, 0.4) is 0 Å². The highest BCUT2D eigenvalue weighted by atomic mass is 19.4. The molecular weight excluding hydrogens is 639 g/mol. The number of hydrogen-bond acceptors (Lipinski definition) is 6. The van der Waals surface area contributed by atoms with Gasteiger partial charge in [0.1, 0.15) is 24.3 Å². The number of cyclic esters (lactones) is 1. The third-order valence-electron chi connectivity index (χ3n) is 8.23. The van der Waals surface area contributed by atoms with Crippen LogP contribution in [-0.2, 0) is 36.6 Å². The molecule has 49 heavy (non-hydrogen) atoms. The van der Waals surface area contributed by atoms with E-state index in [1.54, 1.807) is 32.9 Å². The Morgan fingerprint density at radius 2 is 1.65 bits per heavy atom. The highest BCUT2D eigenvalue weighted by Crippen LogP contribution is 2.39. The summed E-state index contributed by atoms with van der Waals surface area (Å²) in [6, 6.07) is 19.3. The largest absolute Gasteiger partial charge is 0.460 e. The lowest BCUT2D eigenvalue weighted by Gasteiger charge is -2.52. The molecule has 9 nitrogen and oxygen atoms in total. The molecule has 0 radical (unpaired) electrons. The topological polar surface area (TPSA) is 105 Å². The summed E-state index contributed by atoms with van der Waals surface area (Å²) in [5.41, 5.74) is 0.125. The zero-order valence-corrected chi connectivity index (χ0v) is 27.4. The summed E-state index contributed by atoms with van der Waals surface area (Å²) in [7, 11) is 0. The van der Waals surface area contributed by atoms with Gasteiger partial charge in [-0.1, -0.05) is 84.9 Å². The van der Waals surface area contributed by atoms with Crippen LogP contribution >= 0.6 is 0 Å². The number of esters is 1. The quantitative estimate of drug-likeness (QED) is 0.189. The fraction of sp³-hybridized carbons (Fsp3) is 0.351. The van der Waals surface area contributed by atoms with Gasteiger partial charge in [-0.05, 0) is 56.0 Å². The van der Waals surface area contributed by atoms with Crippen molar-refractivity contribution in [3.8, 4) is 0 Å². The summed E-state index contributed by atoms with van der Waals surface area (Å²) >= 11 is 0. The Hall–Kier alpha value is -5.13.